The van der Waals surface area contributed by atoms with E-state index in [0.717, 1.165) is 12.1 Å². The molecule has 1 amide bonds. The van der Waals surface area contributed by atoms with Gasteiger partial charge in [0, 0.05) is 13.1 Å². The molecule has 0 aromatic heterocycles. The number of aliphatic hydroxyl groups excluding tert-OH is 1. The molecule has 22 heavy (non-hydrogen) atoms. The van der Waals surface area contributed by atoms with Crippen LogP contribution in [0.3, 0.4) is 0 Å². The minimum atomic E-state index is -4.58. The van der Waals surface area contributed by atoms with E-state index in [0.29, 0.717) is 6.07 Å². The second-order valence-corrected chi connectivity index (χ2v) is 5.97. The highest BCUT2D eigenvalue weighted by Gasteiger charge is 2.39. The third-order valence-corrected chi connectivity index (χ3v) is 4.14. The minimum absolute atomic E-state index is 0.0928. The van der Waals surface area contributed by atoms with Gasteiger partial charge in [-0.15, -0.1) is 0 Å². The first-order chi connectivity index (χ1) is 10.0. The van der Waals surface area contributed by atoms with Crippen LogP contribution in [0.2, 0.25) is 5.02 Å². The van der Waals surface area contributed by atoms with Gasteiger partial charge in [-0.2, -0.15) is 13.2 Å². The van der Waals surface area contributed by atoms with Crippen LogP contribution in [0.5, 0.6) is 0 Å². The van der Waals surface area contributed by atoms with Crippen molar-refractivity contribution in [1.82, 2.24) is 4.90 Å². The average Bonchev–Trinajstić information content (AvgIpc) is 2.40. The van der Waals surface area contributed by atoms with Crippen LogP contribution < -0.4 is 0 Å². The highest BCUT2D eigenvalue weighted by Crippen LogP contribution is 2.33. The van der Waals surface area contributed by atoms with Crippen molar-refractivity contribution >= 4 is 17.5 Å². The van der Waals surface area contributed by atoms with E-state index in [1.54, 1.807) is 0 Å². The Labute approximate surface area is 130 Å². The molecule has 2 rings (SSSR count). The summed E-state index contributed by atoms with van der Waals surface area (Å²) in [6.07, 6.45) is -5.63. The molecule has 1 aliphatic heterocycles. The van der Waals surface area contributed by atoms with Gasteiger partial charge in [0.25, 0.3) is 5.91 Å². The molecule has 1 aromatic rings. The molecule has 0 bridgehead atoms. The number of nitrogens with zero attached hydrogens (tertiary/aromatic N) is 1. The van der Waals surface area contributed by atoms with Crippen molar-refractivity contribution in [2.75, 3.05) is 13.1 Å². The molecule has 0 saturated carbocycles. The van der Waals surface area contributed by atoms with Crippen molar-refractivity contribution < 1.29 is 28.2 Å². The van der Waals surface area contributed by atoms with Gasteiger partial charge in [-0.25, -0.2) is 0 Å². The summed E-state index contributed by atoms with van der Waals surface area (Å²) >= 11 is 5.83. The molecule has 0 unspecified atom stereocenters. The van der Waals surface area contributed by atoms with E-state index in [2.05, 4.69) is 0 Å². The normalized spacial score (nSPS) is 26.1. The SMILES string of the molecule is C[C@@]1(O)CCN(C(=O)c2cc(C(F)(F)F)ccc2Cl)C[C@H]1O. The lowest BCUT2D eigenvalue weighted by atomic mass is 9.90. The van der Waals surface area contributed by atoms with Crippen molar-refractivity contribution in [1.29, 1.82) is 0 Å². The molecule has 0 radical (unpaired) electrons. The Balaban J connectivity index is 2.27. The highest BCUT2D eigenvalue weighted by atomic mass is 35.5. The van der Waals surface area contributed by atoms with E-state index < -0.39 is 29.4 Å². The third-order valence-electron chi connectivity index (χ3n) is 3.81. The lowest BCUT2D eigenvalue weighted by molar-refractivity contribution is -0.137. The molecule has 0 aliphatic carbocycles. The topological polar surface area (TPSA) is 60.8 Å². The maximum absolute atomic E-state index is 12.7. The number of hydrogen-bond acceptors (Lipinski definition) is 3. The van der Waals surface area contributed by atoms with Crippen LogP contribution in [0.4, 0.5) is 13.2 Å². The van der Waals surface area contributed by atoms with Gasteiger partial charge in [-0.05, 0) is 31.5 Å². The van der Waals surface area contributed by atoms with Gasteiger partial charge in [0.1, 0.15) is 0 Å². The average molecular weight is 338 g/mol. The second kappa shape index (κ2) is 5.72. The molecule has 2 atom stereocenters. The second-order valence-electron chi connectivity index (χ2n) is 5.57. The molecular formula is C14H15ClF3NO3. The molecule has 122 valence electrons. The Morgan fingerprint density at radius 1 is 1.45 bits per heavy atom. The standard InChI is InChI=1S/C14H15ClF3NO3/c1-13(22)4-5-19(7-11(13)20)12(21)9-6-8(14(16,17)18)2-3-10(9)15/h2-3,6,11,20,22H,4-5,7H2,1H3/t11-,13-/m1/s1. The zero-order valence-corrected chi connectivity index (χ0v) is 12.4. The molecule has 1 fully saturated rings. The number of halogens is 4. The zero-order valence-electron chi connectivity index (χ0n) is 11.7. The summed E-state index contributed by atoms with van der Waals surface area (Å²) < 4.78 is 38.2. The zero-order chi connectivity index (χ0) is 16.7. The maximum Gasteiger partial charge on any atom is 0.416 e. The van der Waals surface area contributed by atoms with Gasteiger partial charge in [0.2, 0.25) is 0 Å². The van der Waals surface area contributed by atoms with Gasteiger partial charge in [-0.1, -0.05) is 11.6 Å². The van der Waals surface area contributed by atoms with E-state index in [-0.39, 0.29) is 30.1 Å². The predicted molar refractivity (Wildman–Crippen MR) is 73.6 cm³/mol. The van der Waals surface area contributed by atoms with E-state index >= 15 is 0 Å². The van der Waals surface area contributed by atoms with Gasteiger partial charge in [-0.3, -0.25) is 4.79 Å². The number of alkyl halides is 3. The summed E-state index contributed by atoms with van der Waals surface area (Å²) in [4.78, 5) is 13.5. The summed E-state index contributed by atoms with van der Waals surface area (Å²) in [5.74, 6) is -0.703. The first-order valence-corrected chi connectivity index (χ1v) is 6.96. The molecule has 1 saturated heterocycles. The molecule has 1 heterocycles. The largest absolute Gasteiger partial charge is 0.416 e. The number of carbonyl (C=O) groups is 1. The van der Waals surface area contributed by atoms with Gasteiger partial charge in [0.05, 0.1) is 27.9 Å². The van der Waals surface area contributed by atoms with Gasteiger partial charge in [0.15, 0.2) is 0 Å². The van der Waals surface area contributed by atoms with E-state index in [1.807, 2.05) is 0 Å². The Hall–Kier alpha value is -1.31. The molecule has 1 aromatic carbocycles. The minimum Gasteiger partial charge on any atom is -0.388 e. The highest BCUT2D eigenvalue weighted by molar-refractivity contribution is 6.33. The van der Waals surface area contributed by atoms with Gasteiger partial charge >= 0.3 is 6.18 Å². The molecule has 4 nitrogen and oxygen atoms in total. The van der Waals surface area contributed by atoms with Crippen LogP contribution in [-0.4, -0.2) is 45.8 Å². The summed E-state index contributed by atoms with van der Waals surface area (Å²) in [5.41, 5.74) is -2.57. The fraction of sp³-hybridized carbons (Fsp3) is 0.500. The van der Waals surface area contributed by atoms with Crippen LogP contribution in [0.15, 0.2) is 18.2 Å². The van der Waals surface area contributed by atoms with Crippen molar-refractivity contribution in [2.45, 2.75) is 31.2 Å². The number of rotatable bonds is 1. The monoisotopic (exact) mass is 337 g/mol. The number of benzene rings is 1. The predicted octanol–water partition coefficient (Wildman–Crippen LogP) is 2.32. The number of carbonyl (C=O) groups excluding carboxylic acids is 1. The van der Waals surface area contributed by atoms with Crippen LogP contribution >= 0.6 is 11.6 Å². The van der Waals surface area contributed by atoms with Crippen molar-refractivity contribution in [2.24, 2.45) is 0 Å². The summed E-state index contributed by atoms with van der Waals surface area (Å²) in [7, 11) is 0. The fourth-order valence-corrected chi connectivity index (χ4v) is 2.44. The molecule has 1 aliphatic rings. The van der Waals surface area contributed by atoms with Crippen molar-refractivity contribution in [3.05, 3.63) is 34.3 Å². The number of amides is 1. The van der Waals surface area contributed by atoms with E-state index in [4.69, 9.17) is 11.6 Å². The fourth-order valence-electron chi connectivity index (χ4n) is 2.24. The lowest BCUT2D eigenvalue weighted by Gasteiger charge is -2.40. The first kappa shape index (κ1) is 17.1. The lowest BCUT2D eigenvalue weighted by Crippen LogP contribution is -2.55. The summed E-state index contributed by atoms with van der Waals surface area (Å²) in [5, 5.41) is 19.6. The molecular weight excluding hydrogens is 323 g/mol. The smallest absolute Gasteiger partial charge is 0.388 e. The number of hydrogen-bond donors (Lipinski definition) is 2. The Morgan fingerprint density at radius 3 is 2.64 bits per heavy atom. The maximum atomic E-state index is 12.7. The Kier molecular flexibility index (Phi) is 4.43. The number of β-amino-alcohol motifs (C(OH)–C–C–N with tert-alkyl or cyclic N) is 1. The summed E-state index contributed by atoms with van der Waals surface area (Å²) in [6, 6.07) is 2.52. The van der Waals surface area contributed by atoms with Crippen LogP contribution in [0.1, 0.15) is 29.3 Å². The quantitative estimate of drug-likeness (QED) is 0.826. The Morgan fingerprint density at radius 2 is 2.09 bits per heavy atom. The number of aliphatic hydroxyl groups is 2. The van der Waals surface area contributed by atoms with Gasteiger partial charge < -0.3 is 15.1 Å². The first-order valence-electron chi connectivity index (χ1n) is 6.59. The summed E-state index contributed by atoms with van der Waals surface area (Å²) in [6.45, 7) is 1.39. The molecule has 8 heteroatoms. The molecule has 2 N–H and O–H groups in total. The van der Waals surface area contributed by atoms with Crippen LogP contribution in [-0.2, 0) is 6.18 Å². The Bertz CT molecular complexity index is 589. The van der Waals surface area contributed by atoms with Crippen LogP contribution in [0.25, 0.3) is 0 Å². The van der Waals surface area contributed by atoms with E-state index in [9.17, 15) is 28.2 Å². The van der Waals surface area contributed by atoms with Crippen LogP contribution in [0, 0.1) is 0 Å². The van der Waals surface area contributed by atoms with Crippen molar-refractivity contribution in [3.8, 4) is 0 Å². The number of likely N-dealkylation sites (tertiary alicyclic amines) is 1. The third kappa shape index (κ3) is 3.37. The van der Waals surface area contributed by atoms with E-state index in [1.165, 1.54) is 11.8 Å². The molecule has 0 spiro atoms. The number of piperidine rings is 1. The van der Waals surface area contributed by atoms with Crippen molar-refractivity contribution in [3.63, 3.8) is 0 Å².